The summed E-state index contributed by atoms with van der Waals surface area (Å²) in [5.41, 5.74) is 3.73. The lowest BCUT2D eigenvalue weighted by Crippen LogP contribution is -2.39. The number of rotatable bonds is 9. The van der Waals surface area contributed by atoms with Crippen molar-refractivity contribution >= 4 is 45.6 Å². The van der Waals surface area contributed by atoms with Crippen LogP contribution in [-0.4, -0.2) is 57.2 Å². The molecular formula is C35H35N5O2S. The lowest BCUT2D eigenvalue weighted by Gasteiger charge is -2.31. The number of allylic oxidation sites excluding steroid dienone is 1. The number of thiophene rings is 1. The van der Waals surface area contributed by atoms with E-state index in [9.17, 15) is 9.59 Å². The molecule has 1 amide bonds. The summed E-state index contributed by atoms with van der Waals surface area (Å²) in [5, 5.41) is 1.97. The molecule has 1 fully saturated rings. The Morgan fingerprint density at radius 1 is 1.09 bits per heavy atom. The summed E-state index contributed by atoms with van der Waals surface area (Å²) in [5.74, 6) is 1.05. The summed E-state index contributed by atoms with van der Waals surface area (Å²) in [7, 11) is 0. The molecule has 2 aromatic carbocycles. The van der Waals surface area contributed by atoms with Crippen molar-refractivity contribution in [2.75, 3.05) is 26.2 Å². The van der Waals surface area contributed by atoms with Crippen LogP contribution in [0.1, 0.15) is 50.8 Å². The van der Waals surface area contributed by atoms with Crippen LogP contribution in [0, 0.1) is 6.57 Å². The molecule has 0 unspecified atom stereocenters. The van der Waals surface area contributed by atoms with Gasteiger partial charge in [-0.1, -0.05) is 60.7 Å². The van der Waals surface area contributed by atoms with Crippen LogP contribution >= 0.6 is 11.3 Å². The highest BCUT2D eigenvalue weighted by Crippen LogP contribution is 2.40. The molecule has 1 saturated heterocycles. The molecule has 0 radical (unpaired) electrons. The van der Waals surface area contributed by atoms with Crippen LogP contribution in [0.25, 0.3) is 21.7 Å². The van der Waals surface area contributed by atoms with Gasteiger partial charge in [-0.15, -0.1) is 0 Å². The molecule has 43 heavy (non-hydrogen) atoms. The fraction of sp³-hybridized carbons (Fsp3) is 0.314. The minimum Gasteiger partial charge on any atom is -0.337 e. The van der Waals surface area contributed by atoms with Crippen molar-refractivity contribution in [1.82, 2.24) is 19.4 Å². The standard InChI is InChI=1S/C35H35N5O2S/c1-3-33-37-16-21-39(33)19-13-25-8-7-17-38(23-25)18-15-34(42)40-20-14-29-32(24-40)43-31(35(29)36-2)22-30(41)28-12-6-10-26-9-4-5-11-27(26)28/h3-6,9-13,16,21H,1,7-8,14-15,17-20,22-24H2/b25-13+. The number of likely N-dealkylation sites (tertiary alicyclic amines) is 1. The number of hydrogen-bond donors (Lipinski definition) is 0. The molecule has 2 aromatic heterocycles. The average molecular weight is 590 g/mol. The lowest BCUT2D eigenvalue weighted by molar-refractivity contribution is -0.132. The molecule has 0 spiro atoms. The van der Waals surface area contributed by atoms with Crippen LogP contribution in [0.2, 0.25) is 0 Å². The number of ketones is 1. The highest BCUT2D eigenvalue weighted by molar-refractivity contribution is 7.13. The van der Waals surface area contributed by atoms with E-state index < -0.39 is 0 Å². The number of benzene rings is 2. The van der Waals surface area contributed by atoms with Crippen molar-refractivity contribution in [2.24, 2.45) is 0 Å². The summed E-state index contributed by atoms with van der Waals surface area (Å²) in [6.45, 7) is 16.2. The van der Waals surface area contributed by atoms with Gasteiger partial charge in [-0.25, -0.2) is 9.83 Å². The topological polar surface area (TPSA) is 62.8 Å². The zero-order chi connectivity index (χ0) is 29.8. The van der Waals surface area contributed by atoms with Gasteiger partial charge in [-0.05, 0) is 48.2 Å². The Morgan fingerprint density at radius 2 is 1.95 bits per heavy atom. The highest BCUT2D eigenvalue weighted by atomic mass is 32.1. The van der Waals surface area contributed by atoms with E-state index in [-0.39, 0.29) is 18.1 Å². The zero-order valence-corrected chi connectivity index (χ0v) is 25.1. The molecule has 6 rings (SSSR count). The number of imidazole rings is 1. The van der Waals surface area contributed by atoms with Gasteiger partial charge in [0.15, 0.2) is 5.78 Å². The molecule has 0 saturated carbocycles. The van der Waals surface area contributed by atoms with E-state index in [1.165, 1.54) is 16.9 Å². The SMILES string of the molecule is [C-]#[N+]c1c(CC(=O)c2cccc3ccccc23)sc2c1CCN(C(=O)CCN1CCC/C(=C\Cn3ccnc3C=C)C1)C2. The molecule has 4 heterocycles. The lowest BCUT2D eigenvalue weighted by atomic mass is 9.98. The van der Waals surface area contributed by atoms with Crippen LogP contribution in [0.3, 0.4) is 0 Å². The fourth-order valence-corrected chi connectivity index (χ4v) is 7.56. The van der Waals surface area contributed by atoms with Gasteiger partial charge >= 0.3 is 0 Å². The molecule has 0 bridgehead atoms. The van der Waals surface area contributed by atoms with Crippen LogP contribution < -0.4 is 0 Å². The molecule has 8 heteroatoms. The molecule has 218 valence electrons. The van der Waals surface area contributed by atoms with Crippen molar-refractivity contribution in [3.05, 3.63) is 111 Å². The number of nitrogens with zero attached hydrogens (tertiary/aromatic N) is 5. The van der Waals surface area contributed by atoms with E-state index in [0.29, 0.717) is 37.2 Å². The second-order valence-electron chi connectivity index (χ2n) is 11.2. The summed E-state index contributed by atoms with van der Waals surface area (Å²) in [6.07, 6.45) is 11.4. The number of hydrogen-bond acceptors (Lipinski definition) is 5. The maximum absolute atomic E-state index is 13.4. The normalized spacial score (nSPS) is 16.3. The molecule has 2 aliphatic heterocycles. The second kappa shape index (κ2) is 12.9. The highest BCUT2D eigenvalue weighted by Gasteiger charge is 2.28. The van der Waals surface area contributed by atoms with Crippen molar-refractivity contribution in [2.45, 2.75) is 45.2 Å². The van der Waals surface area contributed by atoms with Gasteiger partial charge in [0.25, 0.3) is 0 Å². The van der Waals surface area contributed by atoms with Crippen molar-refractivity contribution in [1.29, 1.82) is 0 Å². The van der Waals surface area contributed by atoms with Gasteiger partial charge in [0.2, 0.25) is 11.6 Å². The van der Waals surface area contributed by atoms with Gasteiger partial charge in [0.1, 0.15) is 5.82 Å². The second-order valence-corrected chi connectivity index (χ2v) is 12.4. The molecule has 4 aromatic rings. The summed E-state index contributed by atoms with van der Waals surface area (Å²) >= 11 is 1.53. The Bertz CT molecular complexity index is 1750. The monoisotopic (exact) mass is 589 g/mol. The van der Waals surface area contributed by atoms with Crippen LogP contribution in [0.5, 0.6) is 0 Å². The quantitative estimate of drug-likeness (QED) is 0.124. The molecule has 0 aliphatic carbocycles. The number of carbonyl (C=O) groups excluding carboxylic acids is 2. The number of fused-ring (bicyclic) bond motifs is 2. The molecule has 0 N–H and O–H groups in total. The molecule has 2 aliphatic rings. The van der Waals surface area contributed by atoms with Gasteiger partial charge in [-0.2, -0.15) is 11.3 Å². The predicted octanol–water partition coefficient (Wildman–Crippen LogP) is 6.71. The first-order valence-electron chi connectivity index (χ1n) is 14.9. The van der Waals surface area contributed by atoms with Gasteiger partial charge in [0.05, 0.1) is 13.1 Å². The zero-order valence-electron chi connectivity index (χ0n) is 24.3. The number of Topliss-reactive ketones (excluding diaryl/α,β-unsaturated/α-hetero) is 1. The smallest absolute Gasteiger partial charge is 0.224 e. The first kappa shape index (κ1) is 28.8. The Labute approximate surface area is 256 Å². The minimum atomic E-state index is 0.0225. The minimum absolute atomic E-state index is 0.0225. The van der Waals surface area contributed by atoms with Gasteiger partial charge in [0, 0.05) is 66.7 Å². The van der Waals surface area contributed by atoms with Crippen molar-refractivity contribution in [3.63, 3.8) is 0 Å². The van der Waals surface area contributed by atoms with E-state index in [2.05, 4.69) is 32.0 Å². The third-order valence-electron chi connectivity index (χ3n) is 8.52. The van der Waals surface area contributed by atoms with E-state index in [1.54, 1.807) is 12.3 Å². The maximum Gasteiger partial charge on any atom is 0.224 e. The Hall–Kier alpha value is -4.32. The third-order valence-corrected chi connectivity index (χ3v) is 9.73. The molecule has 7 nitrogen and oxygen atoms in total. The Morgan fingerprint density at radius 3 is 2.81 bits per heavy atom. The number of aromatic nitrogens is 2. The van der Waals surface area contributed by atoms with Gasteiger partial charge < -0.3 is 9.47 Å². The van der Waals surface area contributed by atoms with Crippen molar-refractivity contribution < 1.29 is 9.59 Å². The molecule has 0 atom stereocenters. The van der Waals surface area contributed by atoms with Crippen LogP contribution in [0.4, 0.5) is 5.69 Å². The average Bonchev–Trinajstić information content (AvgIpc) is 3.65. The van der Waals surface area contributed by atoms with E-state index in [4.69, 9.17) is 6.57 Å². The predicted molar refractivity (Wildman–Crippen MR) is 172 cm³/mol. The summed E-state index contributed by atoms with van der Waals surface area (Å²) in [4.78, 5) is 41.0. The largest absolute Gasteiger partial charge is 0.337 e. The summed E-state index contributed by atoms with van der Waals surface area (Å²) < 4.78 is 2.09. The van der Waals surface area contributed by atoms with E-state index in [1.807, 2.05) is 53.6 Å². The number of carbonyl (C=O) groups is 2. The fourth-order valence-electron chi connectivity index (χ4n) is 6.25. The van der Waals surface area contributed by atoms with E-state index in [0.717, 1.165) is 70.9 Å². The van der Waals surface area contributed by atoms with Gasteiger partial charge in [-0.3, -0.25) is 14.5 Å². The van der Waals surface area contributed by atoms with Crippen LogP contribution in [0.15, 0.2) is 73.1 Å². The Balaban J connectivity index is 1.07. The van der Waals surface area contributed by atoms with Crippen molar-refractivity contribution in [3.8, 4) is 0 Å². The first-order valence-corrected chi connectivity index (χ1v) is 15.7. The first-order chi connectivity index (χ1) is 21.0. The number of amides is 1. The Kier molecular flexibility index (Phi) is 8.64. The van der Waals surface area contributed by atoms with E-state index >= 15 is 0 Å². The third kappa shape index (κ3) is 6.24. The van der Waals surface area contributed by atoms with Crippen LogP contribution in [-0.2, 0) is 30.7 Å². The molecular weight excluding hydrogens is 554 g/mol. The number of piperidine rings is 1. The summed E-state index contributed by atoms with van der Waals surface area (Å²) in [6, 6.07) is 13.7. The maximum atomic E-state index is 13.4.